The van der Waals surface area contributed by atoms with E-state index in [9.17, 15) is 9.90 Å². The predicted octanol–water partition coefficient (Wildman–Crippen LogP) is 4.72. The first kappa shape index (κ1) is 14.8. The molecular weight excluding hydrogens is 286 g/mol. The van der Waals surface area contributed by atoms with Gasteiger partial charge in [-0.1, -0.05) is 19.9 Å². The average Bonchev–Trinajstić information content (AvgIpc) is 2.83. The zero-order chi connectivity index (χ0) is 16.4. The Morgan fingerprint density at radius 2 is 1.96 bits per heavy atom. The molecule has 1 aromatic heterocycles. The fraction of sp³-hybridized carbons (Fsp3) is 0.550. The topological polar surface area (TPSA) is 42.2 Å². The summed E-state index contributed by atoms with van der Waals surface area (Å²) in [6.07, 6.45) is 6.25. The lowest BCUT2D eigenvalue weighted by atomic mass is 9.47. The van der Waals surface area contributed by atoms with E-state index in [2.05, 4.69) is 31.5 Å². The van der Waals surface area contributed by atoms with Crippen LogP contribution in [0.1, 0.15) is 49.0 Å². The third kappa shape index (κ3) is 2.20. The number of rotatable bonds is 3. The van der Waals surface area contributed by atoms with Crippen LogP contribution in [-0.2, 0) is 6.54 Å². The van der Waals surface area contributed by atoms with Gasteiger partial charge >= 0.3 is 5.97 Å². The fourth-order valence-corrected chi connectivity index (χ4v) is 5.01. The molecule has 3 saturated carbocycles. The molecule has 5 rings (SSSR count). The molecule has 122 valence electrons. The molecule has 0 amide bonds. The highest BCUT2D eigenvalue weighted by atomic mass is 16.4. The van der Waals surface area contributed by atoms with Gasteiger partial charge in [0.2, 0.25) is 0 Å². The van der Waals surface area contributed by atoms with Crippen molar-refractivity contribution in [3.05, 3.63) is 35.5 Å². The van der Waals surface area contributed by atoms with Gasteiger partial charge in [-0.05, 0) is 67.1 Å². The lowest BCUT2D eigenvalue weighted by molar-refractivity contribution is -0.0923. The highest BCUT2D eigenvalue weighted by Gasteiger charge is 2.52. The van der Waals surface area contributed by atoms with Crippen molar-refractivity contribution >= 4 is 16.9 Å². The van der Waals surface area contributed by atoms with E-state index in [4.69, 9.17) is 0 Å². The maximum Gasteiger partial charge on any atom is 0.335 e. The van der Waals surface area contributed by atoms with Crippen molar-refractivity contribution in [2.45, 2.75) is 46.6 Å². The summed E-state index contributed by atoms with van der Waals surface area (Å²) in [4.78, 5) is 11.3. The minimum absolute atomic E-state index is 0.379. The van der Waals surface area contributed by atoms with Gasteiger partial charge in [-0.3, -0.25) is 0 Å². The summed E-state index contributed by atoms with van der Waals surface area (Å²) >= 11 is 0. The second-order valence-corrected chi connectivity index (χ2v) is 8.29. The summed E-state index contributed by atoms with van der Waals surface area (Å²) in [6, 6.07) is 5.49. The van der Waals surface area contributed by atoms with Crippen LogP contribution in [0.25, 0.3) is 10.9 Å². The molecule has 3 heteroatoms. The predicted molar refractivity (Wildman–Crippen MR) is 91.7 cm³/mol. The van der Waals surface area contributed by atoms with Crippen molar-refractivity contribution in [2.24, 2.45) is 23.2 Å². The van der Waals surface area contributed by atoms with E-state index in [-0.39, 0.29) is 0 Å². The average molecular weight is 311 g/mol. The molecular formula is C20H25NO2. The van der Waals surface area contributed by atoms with Crippen LogP contribution in [0.15, 0.2) is 24.4 Å². The lowest BCUT2D eigenvalue weighted by Crippen LogP contribution is -2.51. The summed E-state index contributed by atoms with van der Waals surface area (Å²) in [5.41, 5.74) is 3.23. The van der Waals surface area contributed by atoms with E-state index in [0.717, 1.165) is 29.8 Å². The number of carboxylic acid groups (broad SMARTS) is 1. The Balaban J connectivity index is 1.62. The fourth-order valence-electron chi connectivity index (χ4n) is 5.01. The first-order chi connectivity index (χ1) is 10.9. The van der Waals surface area contributed by atoms with E-state index in [1.54, 1.807) is 6.07 Å². The molecule has 2 bridgehead atoms. The standard InChI is InChI=1S/C20H25NO2/c1-12-10-21(18-8-14(19(22)23)4-5-17(12)18)11-13-6-15-9-16(7-13)20(15,2)3/h4-5,8,10,13,15-16H,6-7,9,11H2,1-3H3,(H,22,23). The van der Waals surface area contributed by atoms with Gasteiger partial charge in [-0.25, -0.2) is 4.79 Å². The number of aromatic nitrogens is 1. The second kappa shape index (κ2) is 4.86. The molecule has 1 heterocycles. The summed E-state index contributed by atoms with van der Waals surface area (Å²) in [5.74, 6) is 1.64. The largest absolute Gasteiger partial charge is 0.478 e. The molecule has 3 fully saturated rings. The molecule has 1 aromatic carbocycles. The highest BCUT2D eigenvalue weighted by Crippen LogP contribution is 2.60. The summed E-state index contributed by atoms with van der Waals surface area (Å²) in [5, 5.41) is 10.4. The second-order valence-electron chi connectivity index (χ2n) is 8.29. The molecule has 0 aliphatic heterocycles. The van der Waals surface area contributed by atoms with Crippen LogP contribution in [0, 0.1) is 30.1 Å². The van der Waals surface area contributed by atoms with Crippen molar-refractivity contribution in [3.8, 4) is 0 Å². The van der Waals surface area contributed by atoms with Crippen LogP contribution in [-0.4, -0.2) is 15.6 Å². The number of hydrogen-bond donors (Lipinski definition) is 1. The van der Waals surface area contributed by atoms with Crippen molar-refractivity contribution in [3.63, 3.8) is 0 Å². The van der Waals surface area contributed by atoms with Gasteiger partial charge in [0.25, 0.3) is 0 Å². The molecule has 2 atom stereocenters. The van der Waals surface area contributed by atoms with Crippen molar-refractivity contribution in [2.75, 3.05) is 0 Å². The molecule has 0 radical (unpaired) electrons. The zero-order valence-corrected chi connectivity index (χ0v) is 14.2. The summed E-state index contributed by atoms with van der Waals surface area (Å²) in [6.45, 7) is 7.99. The van der Waals surface area contributed by atoms with E-state index in [0.29, 0.717) is 11.0 Å². The maximum absolute atomic E-state index is 11.3. The van der Waals surface area contributed by atoms with Crippen LogP contribution in [0.4, 0.5) is 0 Å². The van der Waals surface area contributed by atoms with E-state index >= 15 is 0 Å². The molecule has 1 N–H and O–H groups in total. The quantitative estimate of drug-likeness (QED) is 0.891. The molecule has 3 nitrogen and oxygen atoms in total. The monoisotopic (exact) mass is 311 g/mol. The minimum atomic E-state index is -0.849. The number of aryl methyl sites for hydroxylation is 1. The number of carboxylic acids is 1. The molecule has 2 unspecified atom stereocenters. The van der Waals surface area contributed by atoms with Crippen LogP contribution in [0.3, 0.4) is 0 Å². The summed E-state index contributed by atoms with van der Waals surface area (Å²) < 4.78 is 2.29. The van der Waals surface area contributed by atoms with E-state index in [1.807, 2.05) is 12.1 Å². The number of hydrogen-bond acceptors (Lipinski definition) is 1. The Labute approximate surface area is 137 Å². The zero-order valence-electron chi connectivity index (χ0n) is 14.2. The number of fused-ring (bicyclic) bond motifs is 3. The molecule has 0 saturated heterocycles. The Bertz CT molecular complexity index is 772. The minimum Gasteiger partial charge on any atom is -0.478 e. The molecule has 3 aliphatic carbocycles. The van der Waals surface area contributed by atoms with E-state index < -0.39 is 5.97 Å². The van der Waals surface area contributed by atoms with Crippen molar-refractivity contribution in [1.82, 2.24) is 4.57 Å². The Morgan fingerprint density at radius 1 is 1.26 bits per heavy atom. The highest BCUT2D eigenvalue weighted by molar-refractivity contribution is 5.94. The van der Waals surface area contributed by atoms with Gasteiger partial charge in [0.05, 0.1) is 5.56 Å². The van der Waals surface area contributed by atoms with Gasteiger partial charge in [-0.2, -0.15) is 0 Å². The first-order valence-electron chi connectivity index (χ1n) is 8.69. The summed E-state index contributed by atoms with van der Waals surface area (Å²) in [7, 11) is 0. The van der Waals surface area contributed by atoms with Crippen LogP contribution in [0.2, 0.25) is 0 Å². The Hall–Kier alpha value is -1.77. The Kier molecular flexibility index (Phi) is 3.13. The number of carbonyl (C=O) groups is 1. The molecule has 3 aliphatic rings. The van der Waals surface area contributed by atoms with Gasteiger partial charge in [0, 0.05) is 23.6 Å². The maximum atomic E-state index is 11.3. The third-order valence-electron chi connectivity index (χ3n) is 6.69. The number of benzene rings is 1. The smallest absolute Gasteiger partial charge is 0.335 e. The normalized spacial score (nSPS) is 28.6. The van der Waals surface area contributed by atoms with E-state index in [1.165, 1.54) is 30.2 Å². The van der Waals surface area contributed by atoms with Crippen LogP contribution >= 0.6 is 0 Å². The van der Waals surface area contributed by atoms with Gasteiger partial charge < -0.3 is 9.67 Å². The third-order valence-corrected chi connectivity index (χ3v) is 6.69. The number of nitrogens with zero attached hydrogens (tertiary/aromatic N) is 1. The van der Waals surface area contributed by atoms with Crippen LogP contribution < -0.4 is 0 Å². The van der Waals surface area contributed by atoms with Gasteiger partial charge in [0.15, 0.2) is 0 Å². The number of aromatic carboxylic acids is 1. The Morgan fingerprint density at radius 3 is 2.57 bits per heavy atom. The molecule has 2 aromatic rings. The van der Waals surface area contributed by atoms with Crippen molar-refractivity contribution < 1.29 is 9.90 Å². The van der Waals surface area contributed by atoms with Crippen LogP contribution in [0.5, 0.6) is 0 Å². The van der Waals surface area contributed by atoms with Gasteiger partial charge in [-0.15, -0.1) is 0 Å². The molecule has 23 heavy (non-hydrogen) atoms. The van der Waals surface area contributed by atoms with Gasteiger partial charge in [0.1, 0.15) is 0 Å². The first-order valence-corrected chi connectivity index (χ1v) is 8.69. The lowest BCUT2D eigenvalue weighted by Gasteiger charge is -2.59. The van der Waals surface area contributed by atoms with Crippen molar-refractivity contribution in [1.29, 1.82) is 0 Å². The SMILES string of the molecule is Cc1cn(CC2CC3CC(C2)C3(C)C)c2cc(C(=O)O)ccc12. The molecule has 0 spiro atoms.